The predicted molar refractivity (Wildman–Crippen MR) is 43.4 cm³/mol. The molecule has 0 unspecified atom stereocenters. The van der Waals surface area contributed by atoms with E-state index in [1.165, 1.54) is 0 Å². The third kappa shape index (κ3) is 7.11. The summed E-state index contributed by atoms with van der Waals surface area (Å²) < 4.78 is 0. The molecule has 3 nitrogen and oxygen atoms in total. The minimum Gasteiger partial charge on any atom is -1.00 e. The Labute approximate surface area is 105 Å². The first kappa shape index (κ1) is 13.6. The molecule has 0 amide bonds. The third-order valence-electron chi connectivity index (χ3n) is 1.25. The number of nitrogens with zero attached hydrogens (tertiary/aromatic N) is 1. The van der Waals surface area contributed by atoms with Gasteiger partial charge >= 0.3 is 54.9 Å². The minimum absolute atomic E-state index is 0. The number of hydrogen-bond donors (Lipinski definition) is 1. The molecule has 0 aliphatic rings. The van der Waals surface area contributed by atoms with E-state index in [1.54, 1.807) is 0 Å². The van der Waals surface area contributed by atoms with Crippen molar-refractivity contribution in [1.82, 2.24) is 4.90 Å². The van der Waals surface area contributed by atoms with Crippen molar-refractivity contribution in [3.05, 3.63) is 0 Å². The topological polar surface area (TPSA) is 40.5 Å². The molecule has 0 heterocycles. The summed E-state index contributed by atoms with van der Waals surface area (Å²) in [6.45, 7) is 5.68. The largest absolute Gasteiger partial charge is 2.00 e. The smallest absolute Gasteiger partial charge is 1.00 e. The Morgan fingerprint density at radius 1 is 1.50 bits per heavy atom. The van der Waals surface area contributed by atoms with E-state index < -0.39 is 5.97 Å². The molecule has 0 radical (unpaired) electrons. The summed E-state index contributed by atoms with van der Waals surface area (Å²) in [5, 5.41) is 8.30. The molecule has 0 aromatic heterocycles. The van der Waals surface area contributed by atoms with Gasteiger partial charge in [0.2, 0.25) is 0 Å². The Hall–Kier alpha value is 1.00. The Morgan fingerprint density at radius 2 is 1.90 bits per heavy atom. The van der Waals surface area contributed by atoms with Crippen molar-refractivity contribution in [2.24, 2.45) is 0 Å². The van der Waals surface area contributed by atoms with E-state index in [0.29, 0.717) is 0 Å². The van der Waals surface area contributed by atoms with Gasteiger partial charge in [-0.25, -0.2) is 0 Å². The van der Waals surface area contributed by atoms with E-state index in [-0.39, 0.29) is 58.3 Å². The molecule has 0 aliphatic carbocycles. The molecule has 1 N–H and O–H groups in total. The minimum atomic E-state index is -0.751. The average Bonchev–Trinajstić information content (AvgIpc) is 1.82. The molecule has 0 fully saturated rings. The second kappa shape index (κ2) is 8.10. The van der Waals surface area contributed by atoms with Crippen molar-refractivity contribution in [1.29, 1.82) is 0 Å². The van der Waals surface area contributed by atoms with Crippen LogP contribution < -0.4 is 0 Å². The first-order chi connectivity index (χ1) is 4.20. The van der Waals surface area contributed by atoms with E-state index in [4.69, 9.17) is 5.11 Å². The quantitative estimate of drug-likeness (QED) is 0.745. The van der Waals surface area contributed by atoms with E-state index in [9.17, 15) is 4.79 Å². The van der Waals surface area contributed by atoms with E-state index in [1.807, 2.05) is 18.7 Å². The maximum absolute atomic E-state index is 10.1. The summed E-state index contributed by atoms with van der Waals surface area (Å²) in [6.07, 6.45) is 0. The Morgan fingerprint density at radius 3 is 2.00 bits per heavy atom. The van der Waals surface area contributed by atoms with Gasteiger partial charge in [0, 0.05) is 0 Å². The molecule has 0 saturated heterocycles. The maximum atomic E-state index is 10.1. The second-order valence-corrected chi connectivity index (χ2v) is 1.86. The van der Waals surface area contributed by atoms with Gasteiger partial charge < -0.3 is 7.96 Å². The molecule has 58 valence electrons. The Bertz CT molecular complexity index is 102. The molecule has 0 saturated carbocycles. The van der Waals surface area contributed by atoms with Gasteiger partial charge in [-0.3, -0.25) is 9.69 Å². The van der Waals surface area contributed by atoms with Gasteiger partial charge in [-0.1, -0.05) is 13.8 Å². The van der Waals surface area contributed by atoms with Crippen molar-refractivity contribution in [3.8, 4) is 0 Å². The van der Waals surface area contributed by atoms with Gasteiger partial charge in [0.25, 0.3) is 0 Å². The van der Waals surface area contributed by atoms with E-state index >= 15 is 0 Å². The average molecular weight is 271 g/mol. The molecule has 0 aliphatic heterocycles. The fourth-order valence-electron chi connectivity index (χ4n) is 0.639. The Balaban J connectivity index is -0.000000107. The van der Waals surface area contributed by atoms with Crippen molar-refractivity contribution in [3.63, 3.8) is 0 Å². The van der Waals surface area contributed by atoms with Crippen LogP contribution in [-0.4, -0.2) is 84.5 Å². The van der Waals surface area contributed by atoms with Crippen LogP contribution in [0.5, 0.6) is 0 Å². The number of carboxylic acid groups (broad SMARTS) is 1. The maximum Gasteiger partial charge on any atom is 2.00 e. The monoisotopic (exact) mass is 271 g/mol. The van der Waals surface area contributed by atoms with E-state index in [0.717, 1.165) is 13.1 Å². The SMILES string of the molecule is CCN(CC)CC(=O)O.[Ba+2].[H-].[H-]. The van der Waals surface area contributed by atoms with Crippen molar-refractivity contribution in [2.45, 2.75) is 13.8 Å². The summed E-state index contributed by atoms with van der Waals surface area (Å²) in [4.78, 5) is 11.9. The van der Waals surface area contributed by atoms with E-state index in [2.05, 4.69) is 0 Å². The zero-order chi connectivity index (χ0) is 7.28. The van der Waals surface area contributed by atoms with Gasteiger partial charge in [0.15, 0.2) is 0 Å². The number of hydrogen-bond acceptors (Lipinski definition) is 2. The summed E-state index contributed by atoms with van der Waals surface area (Å²) >= 11 is 0. The fraction of sp³-hybridized carbons (Fsp3) is 0.833. The van der Waals surface area contributed by atoms with Gasteiger partial charge in [-0.2, -0.15) is 0 Å². The Kier molecular flexibility index (Phi) is 11.0. The zero-order valence-corrected chi connectivity index (χ0v) is 11.1. The van der Waals surface area contributed by atoms with Crippen LogP contribution in [0.2, 0.25) is 0 Å². The van der Waals surface area contributed by atoms with Gasteiger partial charge in [-0.15, -0.1) is 0 Å². The molecular formula is C6H15BaNO2. The number of likely N-dealkylation sites (N-methyl/N-ethyl adjacent to an activating group) is 1. The van der Waals surface area contributed by atoms with Gasteiger partial charge in [-0.05, 0) is 13.1 Å². The molecule has 4 heteroatoms. The van der Waals surface area contributed by atoms with Crippen molar-refractivity contribution in [2.75, 3.05) is 19.6 Å². The normalized spacial score (nSPS) is 9.10. The van der Waals surface area contributed by atoms with Crippen LogP contribution in [0.25, 0.3) is 0 Å². The molecule has 0 aromatic carbocycles. The summed E-state index contributed by atoms with van der Waals surface area (Å²) in [7, 11) is 0. The number of carboxylic acids is 1. The summed E-state index contributed by atoms with van der Waals surface area (Å²) in [6, 6.07) is 0. The fourth-order valence-corrected chi connectivity index (χ4v) is 0.639. The standard InChI is InChI=1S/C6H13NO2.Ba.2H/c1-3-7(4-2)5-6(8)9;;;/h3-5H2,1-2H3,(H,8,9);;;/q;+2;2*-1. The van der Waals surface area contributed by atoms with Crippen molar-refractivity contribution >= 4 is 54.9 Å². The van der Waals surface area contributed by atoms with Crippen LogP contribution in [0.3, 0.4) is 0 Å². The number of aliphatic carboxylic acids is 1. The summed E-state index contributed by atoms with van der Waals surface area (Å²) in [5.41, 5.74) is 0. The van der Waals surface area contributed by atoms with Crippen LogP contribution in [0.15, 0.2) is 0 Å². The molecule has 10 heavy (non-hydrogen) atoms. The summed E-state index contributed by atoms with van der Waals surface area (Å²) in [5.74, 6) is -0.751. The second-order valence-electron chi connectivity index (χ2n) is 1.86. The molecule has 0 rings (SSSR count). The predicted octanol–water partition coefficient (Wildman–Crippen LogP) is 0.257. The first-order valence-corrected chi connectivity index (χ1v) is 3.14. The third-order valence-corrected chi connectivity index (χ3v) is 1.25. The molecule has 0 bridgehead atoms. The molecule has 0 spiro atoms. The van der Waals surface area contributed by atoms with Crippen LogP contribution in [0.4, 0.5) is 0 Å². The van der Waals surface area contributed by atoms with Crippen molar-refractivity contribution < 1.29 is 12.8 Å². The molecular weight excluding hydrogens is 255 g/mol. The zero-order valence-electron chi connectivity index (χ0n) is 8.63. The number of carbonyl (C=O) groups is 1. The van der Waals surface area contributed by atoms with Crippen LogP contribution >= 0.6 is 0 Å². The van der Waals surface area contributed by atoms with Gasteiger partial charge in [0.1, 0.15) is 0 Å². The van der Waals surface area contributed by atoms with Crippen LogP contribution in [0, 0.1) is 0 Å². The molecule has 0 aromatic rings. The van der Waals surface area contributed by atoms with Crippen LogP contribution in [-0.2, 0) is 4.79 Å². The molecule has 0 atom stereocenters. The van der Waals surface area contributed by atoms with Crippen LogP contribution in [0.1, 0.15) is 16.7 Å². The van der Waals surface area contributed by atoms with Gasteiger partial charge in [0.05, 0.1) is 6.54 Å². The number of rotatable bonds is 4. The first-order valence-electron chi connectivity index (χ1n) is 3.14.